The number of nitrogens with one attached hydrogen (secondary N) is 1. The molecule has 0 unspecified atom stereocenters. The molecule has 0 spiro atoms. The van der Waals surface area contributed by atoms with Gasteiger partial charge in [-0.05, 0) is 47.7 Å². The Bertz CT molecular complexity index is 390. The van der Waals surface area contributed by atoms with Crippen molar-refractivity contribution in [3.05, 3.63) is 32.9 Å². The molecule has 0 saturated carbocycles. The van der Waals surface area contributed by atoms with Gasteiger partial charge in [-0.15, -0.1) is 0 Å². The second-order valence-corrected chi connectivity index (χ2v) is 3.97. The predicted molar refractivity (Wildman–Crippen MR) is 60.8 cm³/mol. The van der Waals surface area contributed by atoms with Gasteiger partial charge in [0.15, 0.2) is 5.78 Å². The van der Waals surface area contributed by atoms with Gasteiger partial charge in [-0.1, -0.05) is 0 Å². The zero-order valence-electron chi connectivity index (χ0n) is 7.50. The van der Waals surface area contributed by atoms with Crippen LogP contribution in [-0.2, 0) is 0 Å². The second-order valence-electron chi connectivity index (χ2n) is 2.72. The molecule has 1 rings (SSSR count). The van der Waals surface area contributed by atoms with Gasteiger partial charge in [0.2, 0.25) is 0 Å². The lowest BCUT2D eigenvalue weighted by Gasteiger charge is -2.05. The summed E-state index contributed by atoms with van der Waals surface area (Å²) < 4.78 is 0.904. The number of Topliss-reactive ketones (excluding diaryl/α,β-unsaturated/α-hetero) is 1. The lowest BCUT2D eigenvalue weighted by atomic mass is 10.0. The van der Waals surface area contributed by atoms with E-state index in [2.05, 4.69) is 22.6 Å². The Balaban J connectivity index is 3.28. The van der Waals surface area contributed by atoms with E-state index < -0.39 is 5.91 Å². The highest BCUT2D eigenvalue weighted by molar-refractivity contribution is 14.1. The van der Waals surface area contributed by atoms with E-state index in [1.165, 1.54) is 6.92 Å². The normalized spacial score (nSPS) is 9.64. The number of halogens is 1. The lowest BCUT2D eigenvalue weighted by Crippen LogP contribution is -2.31. The van der Waals surface area contributed by atoms with E-state index in [-0.39, 0.29) is 5.78 Å². The molecule has 0 bridgehead atoms. The van der Waals surface area contributed by atoms with Crippen LogP contribution in [0, 0.1) is 3.57 Å². The highest BCUT2D eigenvalue weighted by Crippen LogP contribution is 2.14. The van der Waals surface area contributed by atoms with Crippen LogP contribution < -0.4 is 11.3 Å². The highest BCUT2D eigenvalue weighted by atomic mass is 127. The minimum absolute atomic E-state index is 0.151. The fourth-order valence-corrected chi connectivity index (χ4v) is 1.57. The summed E-state index contributed by atoms with van der Waals surface area (Å²) in [6, 6.07) is 4.99. The Labute approximate surface area is 95.0 Å². The first kappa shape index (κ1) is 11.1. The number of hydrogen-bond acceptors (Lipinski definition) is 3. The third-order valence-corrected chi connectivity index (χ3v) is 2.41. The number of rotatable bonds is 2. The summed E-state index contributed by atoms with van der Waals surface area (Å²) in [6.07, 6.45) is 0. The Hall–Kier alpha value is -0.950. The fourth-order valence-electron chi connectivity index (χ4n) is 1.08. The van der Waals surface area contributed by atoms with Crippen molar-refractivity contribution >= 4 is 34.3 Å². The molecule has 1 aromatic rings. The quantitative estimate of drug-likeness (QED) is 0.282. The topological polar surface area (TPSA) is 72.2 Å². The van der Waals surface area contributed by atoms with Crippen LogP contribution in [0.3, 0.4) is 0 Å². The monoisotopic (exact) mass is 304 g/mol. The van der Waals surface area contributed by atoms with E-state index in [9.17, 15) is 9.59 Å². The third-order valence-electron chi connectivity index (χ3n) is 1.74. The molecule has 0 aliphatic carbocycles. The van der Waals surface area contributed by atoms with Gasteiger partial charge < -0.3 is 0 Å². The number of hydrazine groups is 1. The Morgan fingerprint density at radius 3 is 2.50 bits per heavy atom. The molecule has 5 heteroatoms. The summed E-state index contributed by atoms with van der Waals surface area (Å²) in [4.78, 5) is 22.5. The Morgan fingerprint density at radius 1 is 1.36 bits per heavy atom. The van der Waals surface area contributed by atoms with Gasteiger partial charge in [-0.2, -0.15) is 0 Å². The maximum atomic E-state index is 11.3. The molecule has 1 amide bonds. The molecular formula is C9H9IN2O2. The fraction of sp³-hybridized carbons (Fsp3) is 0.111. The molecule has 0 atom stereocenters. The van der Waals surface area contributed by atoms with E-state index in [1.54, 1.807) is 18.2 Å². The molecule has 1 aromatic carbocycles. The molecule has 0 aromatic heterocycles. The maximum absolute atomic E-state index is 11.3. The third kappa shape index (κ3) is 2.30. The smallest absolute Gasteiger partial charge is 0.265 e. The van der Waals surface area contributed by atoms with E-state index in [0.717, 1.165) is 3.57 Å². The first-order valence-electron chi connectivity index (χ1n) is 3.87. The van der Waals surface area contributed by atoms with E-state index in [4.69, 9.17) is 5.84 Å². The van der Waals surface area contributed by atoms with Crippen molar-refractivity contribution in [3.8, 4) is 0 Å². The van der Waals surface area contributed by atoms with Crippen molar-refractivity contribution in [2.75, 3.05) is 0 Å². The molecule has 3 N–H and O–H groups in total. The summed E-state index contributed by atoms with van der Waals surface area (Å²) in [5.41, 5.74) is 2.70. The largest absolute Gasteiger partial charge is 0.294 e. The maximum Gasteiger partial charge on any atom is 0.265 e. The minimum Gasteiger partial charge on any atom is -0.294 e. The molecule has 0 radical (unpaired) electrons. The zero-order chi connectivity index (χ0) is 10.7. The van der Waals surface area contributed by atoms with Crippen molar-refractivity contribution < 1.29 is 9.59 Å². The molecule has 0 fully saturated rings. The van der Waals surface area contributed by atoms with Crippen molar-refractivity contribution in [2.45, 2.75) is 6.92 Å². The van der Waals surface area contributed by atoms with E-state index >= 15 is 0 Å². The molecule has 0 aliphatic rings. The van der Waals surface area contributed by atoms with Crippen molar-refractivity contribution in [1.82, 2.24) is 5.43 Å². The number of amides is 1. The number of carbonyl (C=O) groups excluding carboxylic acids is 2. The van der Waals surface area contributed by atoms with Crippen molar-refractivity contribution in [3.63, 3.8) is 0 Å². The van der Waals surface area contributed by atoms with Crippen molar-refractivity contribution in [2.24, 2.45) is 5.84 Å². The van der Waals surface area contributed by atoms with Gasteiger partial charge in [0, 0.05) is 9.13 Å². The summed E-state index contributed by atoms with van der Waals surface area (Å²) in [5, 5.41) is 0. The summed E-state index contributed by atoms with van der Waals surface area (Å²) >= 11 is 2.08. The minimum atomic E-state index is -0.452. The van der Waals surface area contributed by atoms with Crippen LogP contribution in [0.5, 0.6) is 0 Å². The molecule has 14 heavy (non-hydrogen) atoms. The van der Waals surface area contributed by atoms with Crippen LogP contribution in [-0.4, -0.2) is 11.7 Å². The van der Waals surface area contributed by atoms with Gasteiger partial charge >= 0.3 is 0 Å². The average Bonchev–Trinajstić information content (AvgIpc) is 2.16. The number of ketones is 1. The van der Waals surface area contributed by atoms with E-state index in [0.29, 0.717) is 11.1 Å². The molecule has 4 nitrogen and oxygen atoms in total. The van der Waals surface area contributed by atoms with Gasteiger partial charge in [-0.25, -0.2) is 5.84 Å². The number of benzene rings is 1. The average molecular weight is 304 g/mol. The Kier molecular flexibility index (Phi) is 3.59. The number of nitrogens with two attached hydrogens (primary N) is 1. The predicted octanol–water partition coefficient (Wildman–Crippen LogP) is 1.10. The van der Waals surface area contributed by atoms with Gasteiger partial charge in [0.25, 0.3) is 5.91 Å². The van der Waals surface area contributed by atoms with Crippen LogP contribution in [0.25, 0.3) is 0 Å². The van der Waals surface area contributed by atoms with Crippen LogP contribution >= 0.6 is 22.6 Å². The lowest BCUT2D eigenvalue weighted by molar-refractivity contribution is 0.0939. The molecule has 0 aliphatic heterocycles. The summed E-state index contributed by atoms with van der Waals surface area (Å²) in [5.74, 6) is 4.40. The Morgan fingerprint density at radius 2 is 2.00 bits per heavy atom. The summed E-state index contributed by atoms with van der Waals surface area (Å²) in [6.45, 7) is 1.42. The number of hydrogen-bond donors (Lipinski definition) is 2. The van der Waals surface area contributed by atoms with Crippen molar-refractivity contribution in [1.29, 1.82) is 0 Å². The SMILES string of the molecule is CC(=O)c1cc(I)ccc1C(=O)NN. The highest BCUT2D eigenvalue weighted by Gasteiger charge is 2.13. The standard InChI is InChI=1S/C9H9IN2O2/c1-5(13)8-4-6(10)2-3-7(8)9(14)12-11/h2-4H,11H2,1H3,(H,12,14). The first-order chi connectivity index (χ1) is 6.56. The number of carbonyl (C=O) groups is 2. The number of nitrogen functional groups attached to an aromatic ring is 1. The van der Waals surface area contributed by atoms with Crippen LogP contribution in [0.4, 0.5) is 0 Å². The first-order valence-corrected chi connectivity index (χ1v) is 4.95. The van der Waals surface area contributed by atoms with Crippen LogP contribution in [0.2, 0.25) is 0 Å². The van der Waals surface area contributed by atoms with Gasteiger partial charge in [0.1, 0.15) is 0 Å². The second kappa shape index (κ2) is 4.52. The molecular weight excluding hydrogens is 295 g/mol. The molecule has 0 saturated heterocycles. The van der Waals surface area contributed by atoms with Gasteiger partial charge in [-0.3, -0.25) is 15.0 Å². The zero-order valence-corrected chi connectivity index (χ0v) is 9.66. The van der Waals surface area contributed by atoms with Gasteiger partial charge in [0.05, 0.1) is 5.56 Å². The molecule has 74 valence electrons. The molecule has 0 heterocycles. The van der Waals surface area contributed by atoms with Crippen LogP contribution in [0.1, 0.15) is 27.6 Å². The van der Waals surface area contributed by atoms with Crippen LogP contribution in [0.15, 0.2) is 18.2 Å². The summed E-state index contributed by atoms with van der Waals surface area (Å²) in [7, 11) is 0. The van der Waals surface area contributed by atoms with E-state index in [1.807, 2.05) is 5.43 Å².